The van der Waals surface area contributed by atoms with E-state index in [0.717, 1.165) is 0 Å². The Morgan fingerprint density at radius 3 is 3.06 bits per heavy atom. The van der Waals surface area contributed by atoms with E-state index in [1.54, 1.807) is 0 Å². The number of carbonyl (C=O) groups is 1. The van der Waals surface area contributed by atoms with Crippen molar-refractivity contribution in [1.29, 1.82) is 0 Å². The number of aromatic carboxylic acids is 1. The maximum absolute atomic E-state index is 11.0. The summed E-state index contributed by atoms with van der Waals surface area (Å²) in [6.45, 7) is -0.194. The molecule has 0 saturated heterocycles. The Balaban J connectivity index is 2.24. The van der Waals surface area contributed by atoms with Gasteiger partial charge in [-0.3, -0.25) is 0 Å². The van der Waals surface area contributed by atoms with Gasteiger partial charge in [-0.15, -0.1) is 0 Å². The molecule has 88 valence electrons. The number of hydrogen-bond acceptors (Lipinski definition) is 6. The third kappa shape index (κ3) is 1.29. The largest absolute Gasteiger partial charge is 0.476 e. The third-order valence-corrected chi connectivity index (χ3v) is 2.85. The van der Waals surface area contributed by atoms with Gasteiger partial charge in [0.15, 0.2) is 17.8 Å². The quantitative estimate of drug-likeness (QED) is 0.787. The smallest absolute Gasteiger partial charge is 0.358 e. The van der Waals surface area contributed by atoms with Gasteiger partial charge in [-0.25, -0.2) is 9.78 Å². The van der Waals surface area contributed by atoms with Crippen LogP contribution in [-0.2, 0) is 6.42 Å². The van der Waals surface area contributed by atoms with E-state index in [-0.39, 0.29) is 24.0 Å². The molecule has 2 aromatic rings. The van der Waals surface area contributed by atoms with Gasteiger partial charge in [0.1, 0.15) is 0 Å². The Morgan fingerprint density at radius 2 is 2.35 bits per heavy atom. The van der Waals surface area contributed by atoms with Crippen LogP contribution in [0.4, 0.5) is 0 Å². The molecule has 3 rings (SSSR count). The molecular formula is C10H8N2O5. The number of hydrogen-bond donors (Lipinski definition) is 2. The highest BCUT2D eigenvalue weighted by Gasteiger charge is 2.36. The fraction of sp³-hybridized carbons (Fsp3) is 0.300. The molecule has 0 bridgehead atoms. The molecule has 1 atom stereocenters. The standard InChI is InChI=1S/C10H8N2O5/c13-2-4-1-5-8(16-3-11-5)9-6(4)7(10(14)15)12-17-9/h3-4,13H,1-2H2,(H,14,15). The van der Waals surface area contributed by atoms with E-state index in [4.69, 9.17) is 14.0 Å². The normalized spacial score (nSPS) is 17.6. The van der Waals surface area contributed by atoms with E-state index in [2.05, 4.69) is 10.1 Å². The summed E-state index contributed by atoms with van der Waals surface area (Å²) in [7, 11) is 0. The molecule has 0 radical (unpaired) electrons. The average Bonchev–Trinajstić information content (AvgIpc) is 2.93. The second-order valence-corrected chi connectivity index (χ2v) is 3.79. The fourth-order valence-electron chi connectivity index (χ4n) is 2.08. The minimum Gasteiger partial charge on any atom is -0.476 e. The van der Waals surface area contributed by atoms with Crippen LogP contribution in [0.2, 0.25) is 0 Å². The van der Waals surface area contributed by atoms with Crippen LogP contribution in [-0.4, -0.2) is 32.9 Å². The first-order chi connectivity index (χ1) is 8.22. The molecule has 1 aliphatic carbocycles. The summed E-state index contributed by atoms with van der Waals surface area (Å²) in [6, 6.07) is 0. The van der Waals surface area contributed by atoms with Crippen LogP contribution >= 0.6 is 0 Å². The summed E-state index contributed by atoms with van der Waals surface area (Å²) in [5.74, 6) is -0.915. The van der Waals surface area contributed by atoms with Gasteiger partial charge in [-0.1, -0.05) is 5.16 Å². The zero-order chi connectivity index (χ0) is 12.0. The molecule has 0 amide bonds. The van der Waals surface area contributed by atoms with Gasteiger partial charge in [0, 0.05) is 17.9 Å². The molecule has 0 saturated carbocycles. The van der Waals surface area contributed by atoms with Crippen LogP contribution in [0.15, 0.2) is 15.3 Å². The van der Waals surface area contributed by atoms with Crippen LogP contribution in [0.3, 0.4) is 0 Å². The molecule has 7 heteroatoms. The van der Waals surface area contributed by atoms with Crippen LogP contribution in [0, 0.1) is 0 Å². The Morgan fingerprint density at radius 1 is 1.53 bits per heavy atom. The lowest BCUT2D eigenvalue weighted by Crippen LogP contribution is -2.16. The van der Waals surface area contributed by atoms with Crippen molar-refractivity contribution in [3.63, 3.8) is 0 Å². The molecule has 1 aliphatic rings. The predicted molar refractivity (Wildman–Crippen MR) is 52.5 cm³/mol. The first-order valence-electron chi connectivity index (χ1n) is 4.98. The molecule has 2 heterocycles. The van der Waals surface area contributed by atoms with Crippen LogP contribution in [0.25, 0.3) is 11.5 Å². The van der Waals surface area contributed by atoms with E-state index >= 15 is 0 Å². The number of rotatable bonds is 2. The van der Waals surface area contributed by atoms with E-state index in [9.17, 15) is 9.90 Å². The first kappa shape index (κ1) is 10.0. The molecule has 1 unspecified atom stereocenters. The van der Waals surface area contributed by atoms with Gasteiger partial charge in [0.05, 0.1) is 12.3 Å². The summed E-state index contributed by atoms with van der Waals surface area (Å²) in [4.78, 5) is 15.0. The average molecular weight is 236 g/mol. The zero-order valence-corrected chi connectivity index (χ0v) is 8.58. The highest BCUT2D eigenvalue weighted by atomic mass is 16.5. The van der Waals surface area contributed by atoms with Gasteiger partial charge in [-0.2, -0.15) is 0 Å². The number of aliphatic hydroxyl groups excluding tert-OH is 1. The number of oxazole rings is 1. The Bertz CT molecular complexity index is 585. The lowest BCUT2D eigenvalue weighted by Gasteiger charge is -2.17. The Kier molecular flexibility index (Phi) is 2.02. The van der Waals surface area contributed by atoms with Crippen molar-refractivity contribution in [2.45, 2.75) is 12.3 Å². The van der Waals surface area contributed by atoms with Gasteiger partial charge in [-0.05, 0) is 0 Å². The van der Waals surface area contributed by atoms with E-state index in [0.29, 0.717) is 23.4 Å². The summed E-state index contributed by atoms with van der Waals surface area (Å²) in [5, 5.41) is 21.8. The number of fused-ring (bicyclic) bond motifs is 3. The highest BCUT2D eigenvalue weighted by Crippen LogP contribution is 2.40. The number of aromatic nitrogens is 2. The molecule has 17 heavy (non-hydrogen) atoms. The Hall–Kier alpha value is -2.15. The lowest BCUT2D eigenvalue weighted by molar-refractivity contribution is 0.0684. The van der Waals surface area contributed by atoms with Crippen molar-refractivity contribution in [2.24, 2.45) is 0 Å². The van der Waals surface area contributed by atoms with Gasteiger partial charge < -0.3 is 19.2 Å². The van der Waals surface area contributed by atoms with Crippen LogP contribution in [0.5, 0.6) is 0 Å². The third-order valence-electron chi connectivity index (χ3n) is 2.85. The second-order valence-electron chi connectivity index (χ2n) is 3.79. The number of nitrogens with zero attached hydrogens (tertiary/aromatic N) is 2. The van der Waals surface area contributed by atoms with E-state index in [1.165, 1.54) is 6.39 Å². The molecule has 0 spiro atoms. The van der Waals surface area contributed by atoms with Gasteiger partial charge >= 0.3 is 5.97 Å². The van der Waals surface area contributed by atoms with Crippen molar-refractivity contribution in [1.82, 2.24) is 10.1 Å². The lowest BCUT2D eigenvalue weighted by atomic mass is 9.87. The first-order valence-corrected chi connectivity index (χ1v) is 4.98. The van der Waals surface area contributed by atoms with Crippen molar-refractivity contribution < 1.29 is 23.9 Å². The fourth-order valence-corrected chi connectivity index (χ4v) is 2.08. The Labute approximate surface area is 94.7 Å². The van der Waals surface area contributed by atoms with Gasteiger partial charge in [0.25, 0.3) is 0 Å². The summed E-state index contributed by atoms with van der Waals surface area (Å²) in [6.07, 6.45) is 1.67. The second kappa shape index (κ2) is 3.42. The van der Waals surface area contributed by atoms with Gasteiger partial charge in [0.2, 0.25) is 5.76 Å². The monoisotopic (exact) mass is 236 g/mol. The summed E-state index contributed by atoms with van der Waals surface area (Å²) >= 11 is 0. The van der Waals surface area contributed by atoms with E-state index in [1.807, 2.05) is 0 Å². The topological polar surface area (TPSA) is 110 Å². The maximum atomic E-state index is 11.0. The maximum Gasteiger partial charge on any atom is 0.358 e. The van der Waals surface area contributed by atoms with Crippen molar-refractivity contribution >= 4 is 5.97 Å². The minimum atomic E-state index is -1.18. The predicted octanol–water partition coefficient (Wildman–Crippen LogP) is 0.660. The number of carboxylic acids is 1. The molecule has 7 nitrogen and oxygen atoms in total. The minimum absolute atomic E-state index is 0.180. The summed E-state index contributed by atoms with van der Waals surface area (Å²) < 4.78 is 10.1. The van der Waals surface area contributed by atoms with Crippen molar-refractivity contribution in [3.8, 4) is 11.5 Å². The van der Waals surface area contributed by atoms with Crippen molar-refractivity contribution in [3.05, 3.63) is 23.3 Å². The molecule has 0 aliphatic heterocycles. The highest BCUT2D eigenvalue weighted by molar-refractivity contribution is 5.89. The van der Waals surface area contributed by atoms with Crippen LogP contribution in [0.1, 0.15) is 27.7 Å². The van der Waals surface area contributed by atoms with Crippen molar-refractivity contribution in [2.75, 3.05) is 6.61 Å². The number of carboxylic acid groups (broad SMARTS) is 1. The number of aliphatic hydroxyl groups is 1. The summed E-state index contributed by atoms with van der Waals surface area (Å²) in [5.41, 5.74) is 0.843. The van der Waals surface area contributed by atoms with Crippen LogP contribution < -0.4 is 0 Å². The molecular weight excluding hydrogens is 228 g/mol. The molecule has 0 fully saturated rings. The molecule has 2 N–H and O–H groups in total. The SMILES string of the molecule is O=C(O)c1noc2c1C(CO)Cc1ncoc1-2. The molecule has 2 aromatic heterocycles. The zero-order valence-electron chi connectivity index (χ0n) is 8.58. The van der Waals surface area contributed by atoms with E-state index < -0.39 is 5.97 Å². The molecule has 0 aromatic carbocycles.